The molecule has 24 heavy (non-hydrogen) atoms. The molecule has 0 aliphatic heterocycles. The van der Waals surface area contributed by atoms with E-state index in [9.17, 15) is 17.9 Å². The van der Waals surface area contributed by atoms with Crippen molar-refractivity contribution in [2.45, 2.75) is 33.6 Å². The standard InChI is InChI=1S/C17H14FNO3S2/c1-24(21,22)16-5-4-15(13-2-3-14(20)17(13)16)23-12-7-10(9-19)6-11(18)8-12/h4-8,14,20H,2-3H2,1H3/t14-/m1/s1. The highest BCUT2D eigenvalue weighted by molar-refractivity contribution is 7.99. The van der Waals surface area contributed by atoms with E-state index in [0.29, 0.717) is 23.3 Å². The molecule has 1 N–H and O–H groups in total. The Morgan fingerprint density at radius 3 is 2.75 bits per heavy atom. The van der Waals surface area contributed by atoms with Crippen molar-refractivity contribution in [3.63, 3.8) is 0 Å². The molecule has 0 saturated carbocycles. The third-order valence-electron chi connectivity index (χ3n) is 3.90. The van der Waals surface area contributed by atoms with Crippen LogP contribution in [0.25, 0.3) is 0 Å². The van der Waals surface area contributed by atoms with Crippen LogP contribution in [0.1, 0.15) is 29.2 Å². The highest BCUT2D eigenvalue weighted by Crippen LogP contribution is 2.43. The maximum Gasteiger partial charge on any atom is 0.175 e. The van der Waals surface area contributed by atoms with Gasteiger partial charge in [0.25, 0.3) is 0 Å². The zero-order chi connectivity index (χ0) is 17.5. The summed E-state index contributed by atoms with van der Waals surface area (Å²) in [6, 6.07) is 9.13. The number of rotatable bonds is 3. The van der Waals surface area contributed by atoms with Crippen molar-refractivity contribution in [2.75, 3.05) is 6.26 Å². The Balaban J connectivity index is 2.09. The molecule has 0 unspecified atom stereocenters. The molecule has 0 heterocycles. The first-order valence-corrected chi connectivity index (χ1v) is 9.93. The maximum absolute atomic E-state index is 13.6. The van der Waals surface area contributed by atoms with Crippen LogP contribution in [0, 0.1) is 17.1 Å². The first-order valence-electron chi connectivity index (χ1n) is 7.22. The molecule has 0 amide bonds. The minimum Gasteiger partial charge on any atom is -0.388 e. The topological polar surface area (TPSA) is 78.2 Å². The number of nitrogens with zero attached hydrogens (tertiary/aromatic N) is 1. The van der Waals surface area contributed by atoms with E-state index in [2.05, 4.69) is 0 Å². The summed E-state index contributed by atoms with van der Waals surface area (Å²) in [6.07, 6.45) is 1.32. The van der Waals surface area contributed by atoms with Crippen molar-refractivity contribution in [3.8, 4) is 6.07 Å². The lowest BCUT2D eigenvalue weighted by Crippen LogP contribution is -2.05. The maximum atomic E-state index is 13.6. The van der Waals surface area contributed by atoms with Crippen LogP contribution in [-0.4, -0.2) is 19.8 Å². The third kappa shape index (κ3) is 3.18. The highest BCUT2D eigenvalue weighted by atomic mass is 32.2. The van der Waals surface area contributed by atoms with Gasteiger partial charge in [-0.1, -0.05) is 11.8 Å². The van der Waals surface area contributed by atoms with Crippen molar-refractivity contribution in [2.24, 2.45) is 0 Å². The van der Waals surface area contributed by atoms with Crippen LogP contribution < -0.4 is 0 Å². The number of sulfone groups is 1. The normalized spacial score (nSPS) is 16.7. The highest BCUT2D eigenvalue weighted by Gasteiger charge is 2.29. The molecule has 4 nitrogen and oxygen atoms in total. The Labute approximate surface area is 143 Å². The molecule has 1 atom stereocenters. The van der Waals surface area contributed by atoms with E-state index < -0.39 is 21.8 Å². The minimum atomic E-state index is -3.44. The number of aliphatic hydroxyl groups excluding tert-OH is 1. The number of hydrogen-bond donors (Lipinski definition) is 1. The summed E-state index contributed by atoms with van der Waals surface area (Å²) in [5.74, 6) is -0.499. The Morgan fingerprint density at radius 1 is 1.33 bits per heavy atom. The lowest BCUT2D eigenvalue weighted by molar-refractivity contribution is 0.177. The van der Waals surface area contributed by atoms with Gasteiger partial charge in [-0.3, -0.25) is 0 Å². The molecule has 0 fully saturated rings. The third-order valence-corrected chi connectivity index (χ3v) is 6.13. The van der Waals surface area contributed by atoms with Gasteiger partial charge < -0.3 is 5.11 Å². The van der Waals surface area contributed by atoms with Crippen molar-refractivity contribution >= 4 is 21.6 Å². The van der Waals surface area contributed by atoms with Crippen LogP contribution in [-0.2, 0) is 16.3 Å². The van der Waals surface area contributed by atoms with Crippen LogP contribution in [0.5, 0.6) is 0 Å². The second-order valence-corrected chi connectivity index (χ2v) is 8.77. The van der Waals surface area contributed by atoms with Gasteiger partial charge in [0.2, 0.25) is 0 Å². The molecule has 0 spiro atoms. The summed E-state index contributed by atoms with van der Waals surface area (Å²) in [7, 11) is -3.44. The first-order chi connectivity index (χ1) is 11.3. The molecule has 3 rings (SSSR count). The van der Waals surface area contributed by atoms with E-state index in [-0.39, 0.29) is 10.5 Å². The predicted molar refractivity (Wildman–Crippen MR) is 88.1 cm³/mol. The first kappa shape index (κ1) is 17.0. The quantitative estimate of drug-likeness (QED) is 0.906. The summed E-state index contributed by atoms with van der Waals surface area (Å²) in [4.78, 5) is 1.47. The van der Waals surface area contributed by atoms with Gasteiger partial charge in [0.15, 0.2) is 9.84 Å². The fraction of sp³-hybridized carbons (Fsp3) is 0.235. The average Bonchev–Trinajstić information content (AvgIpc) is 2.88. The molecule has 1 aliphatic carbocycles. The summed E-state index contributed by atoms with van der Waals surface area (Å²) in [6.45, 7) is 0. The zero-order valence-corrected chi connectivity index (χ0v) is 14.4. The largest absolute Gasteiger partial charge is 0.388 e. The van der Waals surface area contributed by atoms with Crippen LogP contribution in [0.4, 0.5) is 4.39 Å². The molecule has 0 saturated heterocycles. The van der Waals surface area contributed by atoms with Crippen molar-refractivity contribution in [1.29, 1.82) is 5.26 Å². The fourth-order valence-corrected chi connectivity index (χ4v) is 4.96. The predicted octanol–water partition coefficient (Wildman–Crippen LogP) is 3.23. The zero-order valence-electron chi connectivity index (χ0n) is 12.8. The van der Waals surface area contributed by atoms with Crippen LogP contribution in [0.15, 0.2) is 45.0 Å². The van der Waals surface area contributed by atoms with Crippen molar-refractivity contribution in [1.82, 2.24) is 0 Å². The number of aliphatic hydroxyl groups is 1. The Hall–Kier alpha value is -1.88. The van der Waals surface area contributed by atoms with E-state index in [4.69, 9.17) is 5.26 Å². The summed E-state index contributed by atoms with van der Waals surface area (Å²) in [5.41, 5.74) is 1.44. The summed E-state index contributed by atoms with van der Waals surface area (Å²) in [5, 5.41) is 19.1. The summed E-state index contributed by atoms with van der Waals surface area (Å²) < 4.78 is 37.5. The lowest BCUT2D eigenvalue weighted by atomic mass is 10.1. The number of hydrogen-bond acceptors (Lipinski definition) is 5. The molecule has 124 valence electrons. The molecule has 0 bridgehead atoms. The molecule has 2 aromatic rings. The van der Waals surface area contributed by atoms with Gasteiger partial charge in [-0.25, -0.2) is 12.8 Å². The van der Waals surface area contributed by atoms with E-state index in [1.165, 1.54) is 23.9 Å². The van der Waals surface area contributed by atoms with Crippen LogP contribution >= 0.6 is 11.8 Å². The molecule has 0 aromatic heterocycles. The molecule has 1 aliphatic rings. The van der Waals surface area contributed by atoms with Gasteiger partial charge >= 0.3 is 0 Å². The molecular weight excluding hydrogens is 349 g/mol. The Morgan fingerprint density at radius 2 is 2.08 bits per heavy atom. The molecule has 2 aromatic carbocycles. The van der Waals surface area contributed by atoms with Crippen LogP contribution in [0.2, 0.25) is 0 Å². The monoisotopic (exact) mass is 363 g/mol. The Kier molecular flexibility index (Phi) is 4.38. The van der Waals surface area contributed by atoms with Gasteiger partial charge in [-0.2, -0.15) is 5.26 Å². The van der Waals surface area contributed by atoms with Crippen LogP contribution in [0.3, 0.4) is 0 Å². The van der Waals surface area contributed by atoms with Crippen molar-refractivity contribution < 1.29 is 17.9 Å². The van der Waals surface area contributed by atoms with E-state index in [0.717, 1.165) is 22.8 Å². The summed E-state index contributed by atoms with van der Waals surface area (Å²) >= 11 is 1.26. The smallest absolute Gasteiger partial charge is 0.175 e. The average molecular weight is 363 g/mol. The van der Waals surface area contributed by atoms with E-state index in [1.54, 1.807) is 12.1 Å². The molecule has 0 radical (unpaired) electrons. The minimum absolute atomic E-state index is 0.142. The van der Waals surface area contributed by atoms with Gasteiger partial charge in [-0.05, 0) is 48.7 Å². The second-order valence-electron chi connectivity index (χ2n) is 5.67. The number of nitriles is 1. The van der Waals surface area contributed by atoms with E-state index >= 15 is 0 Å². The number of fused-ring (bicyclic) bond motifs is 1. The number of halogens is 1. The van der Waals surface area contributed by atoms with Gasteiger partial charge in [0, 0.05) is 21.6 Å². The number of benzene rings is 2. The SMILES string of the molecule is CS(=O)(=O)c1ccc(Sc2cc(F)cc(C#N)c2)c2c1[C@H](O)CC2. The molecule has 7 heteroatoms. The lowest BCUT2D eigenvalue weighted by Gasteiger charge is -2.14. The van der Waals surface area contributed by atoms with E-state index in [1.807, 2.05) is 6.07 Å². The van der Waals surface area contributed by atoms with Gasteiger partial charge in [0.1, 0.15) is 5.82 Å². The van der Waals surface area contributed by atoms with Gasteiger partial charge in [0.05, 0.1) is 22.6 Å². The van der Waals surface area contributed by atoms with Crippen molar-refractivity contribution in [3.05, 3.63) is 52.8 Å². The van der Waals surface area contributed by atoms with Gasteiger partial charge in [-0.15, -0.1) is 0 Å². The fourth-order valence-electron chi connectivity index (χ4n) is 2.90. The Bertz CT molecular complexity index is 965. The molecular formula is C17H14FNO3S2. The second kappa shape index (κ2) is 6.20.